The lowest BCUT2D eigenvalue weighted by atomic mass is 9.85. The number of rotatable bonds is 6. The van der Waals surface area contributed by atoms with Crippen molar-refractivity contribution in [1.29, 1.82) is 0 Å². The lowest BCUT2D eigenvalue weighted by molar-refractivity contribution is 0.0121. The summed E-state index contributed by atoms with van der Waals surface area (Å²) in [6.45, 7) is 5.82. The van der Waals surface area contributed by atoms with Crippen LogP contribution in [0.2, 0.25) is 0 Å². The van der Waals surface area contributed by atoms with Gasteiger partial charge in [-0.05, 0) is 73.8 Å². The van der Waals surface area contributed by atoms with E-state index >= 15 is 0 Å². The van der Waals surface area contributed by atoms with Gasteiger partial charge in [0.1, 0.15) is 11.4 Å². The predicted molar refractivity (Wildman–Crippen MR) is 108 cm³/mol. The zero-order chi connectivity index (χ0) is 21.1. The number of hydrogen-bond donors (Lipinski definition) is 0. The highest BCUT2D eigenvalue weighted by molar-refractivity contribution is 5.94. The van der Waals surface area contributed by atoms with Crippen LogP contribution in [-0.2, 0) is 16.8 Å². The van der Waals surface area contributed by atoms with Gasteiger partial charge in [-0.25, -0.2) is 9.07 Å². The number of piperidine rings is 1. The molecule has 1 unspecified atom stereocenters. The second-order valence-electron chi connectivity index (χ2n) is 8.24. The van der Waals surface area contributed by atoms with Crippen LogP contribution < -0.4 is 0 Å². The van der Waals surface area contributed by atoms with Gasteiger partial charge < -0.3 is 9.64 Å². The number of carbonyl (C=O) groups excluding carboxylic acids is 1. The quantitative estimate of drug-likeness (QED) is 0.717. The third-order valence-corrected chi connectivity index (χ3v) is 6.34. The van der Waals surface area contributed by atoms with Gasteiger partial charge in [0.15, 0.2) is 5.82 Å². The van der Waals surface area contributed by atoms with Gasteiger partial charge in [0.25, 0.3) is 5.91 Å². The summed E-state index contributed by atoms with van der Waals surface area (Å²) >= 11 is 0. The Hall–Kier alpha value is -2.39. The van der Waals surface area contributed by atoms with Crippen LogP contribution in [0.5, 0.6) is 0 Å². The Bertz CT molecular complexity index is 897. The maximum absolute atomic E-state index is 14.1. The first kappa shape index (κ1) is 20.9. The fraction of sp³-hybridized carbons (Fsp3) is 0.619. The van der Waals surface area contributed by atoms with Crippen LogP contribution in [0, 0.1) is 12.7 Å². The lowest BCUT2D eigenvalue weighted by Gasteiger charge is -2.47. The first-order valence-corrected chi connectivity index (χ1v) is 10.6. The van der Waals surface area contributed by atoms with E-state index < -0.39 is 5.54 Å². The summed E-state index contributed by atoms with van der Waals surface area (Å²) in [7, 11) is 1.65. The van der Waals surface area contributed by atoms with Gasteiger partial charge in [-0.3, -0.25) is 9.69 Å². The van der Waals surface area contributed by atoms with Crippen molar-refractivity contribution in [3.8, 4) is 0 Å². The van der Waals surface area contributed by atoms with E-state index in [1.54, 1.807) is 30.8 Å². The molecule has 1 amide bonds. The molecule has 0 radical (unpaired) electrons. The molecule has 0 bridgehead atoms. The van der Waals surface area contributed by atoms with Crippen molar-refractivity contribution in [2.45, 2.75) is 44.7 Å². The van der Waals surface area contributed by atoms with Crippen molar-refractivity contribution in [1.82, 2.24) is 30.0 Å². The molecular weight excluding hydrogens is 387 g/mol. The number of tetrazole rings is 1. The molecule has 1 atom stereocenters. The van der Waals surface area contributed by atoms with Crippen molar-refractivity contribution in [2.75, 3.05) is 39.9 Å². The van der Waals surface area contributed by atoms with Crippen LogP contribution in [0.1, 0.15) is 47.4 Å². The Kier molecular flexibility index (Phi) is 6.10. The summed E-state index contributed by atoms with van der Waals surface area (Å²) in [5.41, 5.74) is 0.480. The largest absolute Gasteiger partial charge is 0.383 e. The molecule has 0 saturated carbocycles. The summed E-state index contributed by atoms with van der Waals surface area (Å²) in [6, 6.07) is 4.70. The van der Waals surface area contributed by atoms with Gasteiger partial charge in [0.2, 0.25) is 0 Å². The molecule has 0 spiro atoms. The maximum Gasteiger partial charge on any atom is 0.254 e. The summed E-state index contributed by atoms with van der Waals surface area (Å²) < 4.78 is 21.1. The Morgan fingerprint density at radius 2 is 2.03 bits per heavy atom. The average Bonchev–Trinajstić information content (AvgIpc) is 3.46. The minimum atomic E-state index is -0.440. The molecule has 9 heteroatoms. The molecule has 2 aromatic rings. The molecule has 2 aliphatic heterocycles. The Labute approximate surface area is 176 Å². The molecule has 8 nitrogen and oxygen atoms in total. The smallest absolute Gasteiger partial charge is 0.254 e. The molecule has 2 fully saturated rings. The SMILES string of the molecule is COCCn1nnnc1C1(N2CCCC2)CCCN(C(=O)c2ccc(C)c(F)c2)C1. The van der Waals surface area contributed by atoms with E-state index in [-0.39, 0.29) is 11.7 Å². The molecule has 0 aliphatic carbocycles. The van der Waals surface area contributed by atoms with Gasteiger partial charge in [-0.15, -0.1) is 5.10 Å². The minimum absolute atomic E-state index is 0.145. The van der Waals surface area contributed by atoms with Crippen molar-refractivity contribution in [3.05, 3.63) is 41.0 Å². The highest BCUT2D eigenvalue weighted by Gasteiger charge is 2.48. The number of methoxy groups -OCH3 is 1. The van der Waals surface area contributed by atoms with Crippen LogP contribution in [0.25, 0.3) is 0 Å². The zero-order valence-electron chi connectivity index (χ0n) is 17.7. The van der Waals surface area contributed by atoms with E-state index in [1.165, 1.54) is 6.07 Å². The van der Waals surface area contributed by atoms with E-state index in [2.05, 4.69) is 20.4 Å². The van der Waals surface area contributed by atoms with Crippen molar-refractivity contribution >= 4 is 5.91 Å². The van der Waals surface area contributed by atoms with Crippen LogP contribution in [0.4, 0.5) is 4.39 Å². The minimum Gasteiger partial charge on any atom is -0.383 e. The van der Waals surface area contributed by atoms with E-state index in [1.807, 2.05) is 4.90 Å². The highest BCUT2D eigenvalue weighted by atomic mass is 19.1. The molecule has 0 N–H and O–H groups in total. The fourth-order valence-corrected chi connectivity index (χ4v) is 4.71. The molecule has 2 aliphatic rings. The normalized spacial score (nSPS) is 22.6. The fourth-order valence-electron chi connectivity index (χ4n) is 4.71. The number of aryl methyl sites for hydroxylation is 1. The highest BCUT2D eigenvalue weighted by Crippen LogP contribution is 2.39. The molecule has 4 rings (SSSR count). The van der Waals surface area contributed by atoms with Gasteiger partial charge in [0.05, 0.1) is 13.2 Å². The Morgan fingerprint density at radius 3 is 2.77 bits per heavy atom. The number of halogens is 1. The molecule has 3 heterocycles. The number of aromatic nitrogens is 4. The number of ether oxygens (including phenoxy) is 1. The van der Waals surface area contributed by atoms with Crippen molar-refractivity contribution in [2.24, 2.45) is 0 Å². The maximum atomic E-state index is 14.1. The van der Waals surface area contributed by atoms with Crippen LogP contribution in [0.15, 0.2) is 18.2 Å². The van der Waals surface area contributed by atoms with Crippen molar-refractivity contribution in [3.63, 3.8) is 0 Å². The third kappa shape index (κ3) is 3.83. The van der Waals surface area contributed by atoms with Gasteiger partial charge in [-0.2, -0.15) is 0 Å². The van der Waals surface area contributed by atoms with Crippen LogP contribution in [-0.4, -0.2) is 75.8 Å². The topological polar surface area (TPSA) is 76.4 Å². The summed E-state index contributed by atoms with van der Waals surface area (Å²) in [4.78, 5) is 17.5. The average molecular weight is 417 g/mol. The number of likely N-dealkylation sites (tertiary alicyclic amines) is 2. The first-order chi connectivity index (χ1) is 14.5. The molecule has 1 aromatic heterocycles. The molecule has 2 saturated heterocycles. The Morgan fingerprint density at radius 1 is 1.23 bits per heavy atom. The van der Waals surface area contributed by atoms with E-state index in [4.69, 9.17) is 4.74 Å². The number of carbonyl (C=O) groups is 1. The first-order valence-electron chi connectivity index (χ1n) is 10.6. The van der Waals surface area contributed by atoms with Gasteiger partial charge >= 0.3 is 0 Å². The molecular formula is C21H29FN6O2. The van der Waals surface area contributed by atoms with Crippen LogP contribution in [0.3, 0.4) is 0 Å². The Balaban J connectivity index is 1.66. The summed E-state index contributed by atoms with van der Waals surface area (Å²) in [5.74, 6) is 0.286. The van der Waals surface area contributed by atoms with Crippen LogP contribution >= 0.6 is 0 Å². The number of hydrogen-bond acceptors (Lipinski definition) is 6. The standard InChI is InChI=1S/C21H29FN6O2/c1-16-6-7-17(14-18(16)22)19(29)26-9-5-8-21(15-26,27-10-3-4-11-27)20-23-24-25-28(20)12-13-30-2/h6-7,14H,3-5,8-13,15H2,1-2H3. The summed E-state index contributed by atoms with van der Waals surface area (Å²) in [5, 5.41) is 12.5. The second-order valence-corrected chi connectivity index (χ2v) is 8.24. The molecule has 1 aromatic carbocycles. The molecule has 30 heavy (non-hydrogen) atoms. The lowest BCUT2D eigenvalue weighted by Crippen LogP contribution is -2.58. The number of nitrogens with zero attached hydrogens (tertiary/aromatic N) is 6. The van der Waals surface area contributed by atoms with E-state index in [0.717, 1.165) is 44.6 Å². The predicted octanol–water partition coefficient (Wildman–Crippen LogP) is 1.99. The van der Waals surface area contributed by atoms with E-state index in [0.29, 0.717) is 37.4 Å². The number of benzene rings is 1. The summed E-state index contributed by atoms with van der Waals surface area (Å²) in [6.07, 6.45) is 3.97. The zero-order valence-corrected chi connectivity index (χ0v) is 17.7. The van der Waals surface area contributed by atoms with Crippen molar-refractivity contribution < 1.29 is 13.9 Å². The van der Waals surface area contributed by atoms with E-state index in [9.17, 15) is 9.18 Å². The monoisotopic (exact) mass is 416 g/mol. The van der Waals surface area contributed by atoms with Gasteiger partial charge in [0, 0.05) is 25.8 Å². The number of amides is 1. The second kappa shape index (κ2) is 8.77. The third-order valence-electron chi connectivity index (χ3n) is 6.34. The molecule has 162 valence electrons. The van der Waals surface area contributed by atoms with Gasteiger partial charge in [-0.1, -0.05) is 6.07 Å².